The number of aromatic amines is 1. The number of nitrogens with one attached hydrogen (secondary N) is 2. The minimum absolute atomic E-state index is 0.469. The Morgan fingerprint density at radius 1 is 1.11 bits per heavy atom. The van der Waals surface area contributed by atoms with Crippen molar-refractivity contribution in [1.29, 1.82) is 0 Å². The van der Waals surface area contributed by atoms with Crippen molar-refractivity contribution in [1.82, 2.24) is 9.97 Å². The lowest BCUT2D eigenvalue weighted by Gasteiger charge is -2.09. The summed E-state index contributed by atoms with van der Waals surface area (Å²) in [5, 5.41) is 4.95. The molecule has 4 rings (SSSR count). The lowest BCUT2D eigenvalue weighted by molar-refractivity contribution is 0.304. The highest BCUT2D eigenvalue weighted by atomic mass is 79.9. The second-order valence-corrected chi connectivity index (χ2v) is 7.37. The van der Waals surface area contributed by atoms with E-state index in [9.17, 15) is 0 Å². The molecule has 4 aromatic rings. The minimum Gasteiger partial charge on any atom is -0.488 e. The van der Waals surface area contributed by atoms with Gasteiger partial charge in [-0.15, -0.1) is 0 Å². The number of fused-ring (bicyclic) bond motifs is 1. The summed E-state index contributed by atoms with van der Waals surface area (Å²) in [7, 11) is 0. The molecule has 7 heteroatoms. The van der Waals surface area contributed by atoms with Gasteiger partial charge < -0.3 is 9.72 Å². The number of ether oxygens (including phenoxy) is 1. The molecule has 0 saturated carbocycles. The fraction of sp³-hybridized carbons (Fsp3) is 0.0476. The average Bonchev–Trinajstić information content (AvgIpc) is 3.11. The molecule has 0 spiro atoms. The van der Waals surface area contributed by atoms with Crippen LogP contribution in [0.2, 0.25) is 5.02 Å². The molecule has 0 radical (unpaired) electrons. The summed E-state index contributed by atoms with van der Waals surface area (Å²) < 4.78 is 6.72. The van der Waals surface area contributed by atoms with Crippen LogP contribution in [0.25, 0.3) is 11.0 Å². The average molecular weight is 456 g/mol. The van der Waals surface area contributed by atoms with Crippen molar-refractivity contribution >= 4 is 50.7 Å². The highest BCUT2D eigenvalue weighted by Crippen LogP contribution is 2.26. The molecule has 0 aliphatic heterocycles. The summed E-state index contributed by atoms with van der Waals surface area (Å²) in [6, 6.07) is 21.2. The van der Waals surface area contributed by atoms with Crippen LogP contribution in [0, 0.1) is 0 Å². The number of aromatic nitrogens is 2. The van der Waals surface area contributed by atoms with E-state index in [0.29, 0.717) is 17.6 Å². The van der Waals surface area contributed by atoms with E-state index in [4.69, 9.17) is 16.3 Å². The molecule has 28 heavy (non-hydrogen) atoms. The van der Waals surface area contributed by atoms with Crippen LogP contribution in [0.1, 0.15) is 11.1 Å². The van der Waals surface area contributed by atoms with Gasteiger partial charge in [0, 0.05) is 5.02 Å². The van der Waals surface area contributed by atoms with Gasteiger partial charge in [-0.25, -0.2) is 10.4 Å². The summed E-state index contributed by atoms with van der Waals surface area (Å²) >= 11 is 9.45. The number of hydrogen-bond donors (Lipinski definition) is 2. The summed E-state index contributed by atoms with van der Waals surface area (Å²) in [5.41, 5.74) is 6.75. The van der Waals surface area contributed by atoms with Crippen LogP contribution >= 0.6 is 27.5 Å². The lowest BCUT2D eigenvalue weighted by atomic mass is 10.2. The molecule has 0 aliphatic rings. The minimum atomic E-state index is 0.469. The number of nitrogens with zero attached hydrogens (tertiary/aromatic N) is 2. The third-order valence-electron chi connectivity index (χ3n) is 4.04. The molecular weight excluding hydrogens is 440 g/mol. The van der Waals surface area contributed by atoms with E-state index >= 15 is 0 Å². The lowest BCUT2D eigenvalue weighted by Crippen LogP contribution is -1.97. The van der Waals surface area contributed by atoms with Crippen molar-refractivity contribution in [3.05, 3.63) is 87.4 Å². The number of benzene rings is 3. The van der Waals surface area contributed by atoms with Crippen molar-refractivity contribution < 1.29 is 4.74 Å². The van der Waals surface area contributed by atoms with E-state index in [1.807, 2.05) is 66.7 Å². The zero-order chi connectivity index (χ0) is 19.3. The third kappa shape index (κ3) is 4.52. The predicted octanol–water partition coefficient (Wildman–Crippen LogP) is 6.00. The molecule has 0 saturated heterocycles. The van der Waals surface area contributed by atoms with Crippen molar-refractivity contribution in [3.63, 3.8) is 0 Å². The van der Waals surface area contributed by atoms with Gasteiger partial charge in [0.2, 0.25) is 5.95 Å². The second-order valence-electron chi connectivity index (χ2n) is 6.08. The molecule has 1 aromatic heterocycles. The van der Waals surface area contributed by atoms with Crippen molar-refractivity contribution in [2.24, 2.45) is 5.10 Å². The van der Waals surface area contributed by atoms with Gasteiger partial charge in [-0.05, 0) is 69.5 Å². The number of hydrazone groups is 1. The van der Waals surface area contributed by atoms with Crippen LogP contribution < -0.4 is 10.2 Å². The largest absolute Gasteiger partial charge is 0.488 e. The Morgan fingerprint density at radius 2 is 1.93 bits per heavy atom. The molecule has 0 fully saturated rings. The van der Waals surface area contributed by atoms with Gasteiger partial charge in [-0.2, -0.15) is 5.10 Å². The molecule has 0 atom stereocenters. The maximum Gasteiger partial charge on any atom is 0.222 e. The molecule has 1 heterocycles. The summed E-state index contributed by atoms with van der Waals surface area (Å²) in [6.45, 7) is 0.469. The number of H-pyrrole nitrogens is 1. The molecule has 5 nitrogen and oxygen atoms in total. The van der Waals surface area contributed by atoms with Gasteiger partial charge in [-0.1, -0.05) is 35.9 Å². The van der Waals surface area contributed by atoms with Gasteiger partial charge in [0.15, 0.2) is 0 Å². The van der Waals surface area contributed by atoms with E-state index < -0.39 is 0 Å². The van der Waals surface area contributed by atoms with Crippen LogP contribution in [0.5, 0.6) is 5.75 Å². The zero-order valence-electron chi connectivity index (χ0n) is 14.7. The van der Waals surface area contributed by atoms with Crippen molar-refractivity contribution in [2.45, 2.75) is 6.61 Å². The number of halogens is 2. The first-order valence-electron chi connectivity index (χ1n) is 8.58. The van der Waals surface area contributed by atoms with E-state index in [1.54, 1.807) is 6.21 Å². The standard InChI is InChI=1S/C21H16BrClN4O/c22-17-11-15(7-10-20(17)28-13-14-5-8-16(23)9-6-14)12-24-27-21-25-18-3-1-2-4-19(18)26-21/h1-12H,13H2,(H2,25,26,27)/b24-12-. The van der Waals surface area contributed by atoms with Gasteiger partial charge in [0.25, 0.3) is 0 Å². The van der Waals surface area contributed by atoms with E-state index in [0.717, 1.165) is 32.4 Å². The normalized spacial score (nSPS) is 11.2. The number of hydrogen-bond acceptors (Lipinski definition) is 4. The van der Waals surface area contributed by atoms with Crippen LogP contribution in [0.15, 0.2) is 76.3 Å². The Morgan fingerprint density at radius 3 is 2.71 bits per heavy atom. The topological polar surface area (TPSA) is 62.3 Å². The number of rotatable bonds is 6. The fourth-order valence-electron chi connectivity index (χ4n) is 2.63. The summed E-state index contributed by atoms with van der Waals surface area (Å²) in [5.74, 6) is 1.36. The van der Waals surface area contributed by atoms with E-state index in [1.165, 1.54) is 0 Å². The Balaban J connectivity index is 1.38. The number of imidazole rings is 1. The first-order valence-corrected chi connectivity index (χ1v) is 9.75. The first kappa shape index (κ1) is 18.5. The maximum absolute atomic E-state index is 5.90. The van der Waals surface area contributed by atoms with Crippen LogP contribution in [0.3, 0.4) is 0 Å². The van der Waals surface area contributed by atoms with Crippen molar-refractivity contribution in [3.8, 4) is 5.75 Å². The quantitative estimate of drug-likeness (QED) is 0.277. The number of anilines is 1. The second kappa shape index (κ2) is 8.46. The Labute approximate surface area is 175 Å². The summed E-state index contributed by atoms with van der Waals surface area (Å²) in [6.07, 6.45) is 1.72. The Kier molecular flexibility index (Phi) is 5.60. The fourth-order valence-corrected chi connectivity index (χ4v) is 3.27. The SMILES string of the molecule is Clc1ccc(COc2ccc(/C=N\Nc3nc4ccccc4[nH]3)cc2Br)cc1. The molecule has 140 valence electrons. The first-order chi connectivity index (χ1) is 13.7. The molecule has 0 bridgehead atoms. The third-order valence-corrected chi connectivity index (χ3v) is 4.91. The van der Waals surface area contributed by atoms with E-state index in [-0.39, 0.29) is 0 Å². The molecule has 0 amide bonds. The molecule has 2 N–H and O–H groups in total. The maximum atomic E-state index is 5.90. The van der Waals surface area contributed by atoms with Crippen LogP contribution in [-0.2, 0) is 6.61 Å². The predicted molar refractivity (Wildman–Crippen MR) is 117 cm³/mol. The molecule has 0 aliphatic carbocycles. The van der Waals surface area contributed by atoms with Crippen molar-refractivity contribution in [2.75, 3.05) is 5.43 Å². The van der Waals surface area contributed by atoms with Crippen LogP contribution in [-0.4, -0.2) is 16.2 Å². The van der Waals surface area contributed by atoms with Gasteiger partial charge in [0.1, 0.15) is 12.4 Å². The zero-order valence-corrected chi connectivity index (χ0v) is 17.0. The van der Waals surface area contributed by atoms with E-state index in [2.05, 4.69) is 36.4 Å². The summed E-state index contributed by atoms with van der Waals surface area (Å²) in [4.78, 5) is 7.58. The molecule has 0 unspecified atom stereocenters. The highest BCUT2D eigenvalue weighted by molar-refractivity contribution is 9.10. The van der Waals surface area contributed by atoms with Gasteiger partial charge in [0.05, 0.1) is 21.7 Å². The molecular formula is C21H16BrClN4O. The number of para-hydroxylation sites is 2. The highest BCUT2D eigenvalue weighted by Gasteiger charge is 2.04. The van der Waals surface area contributed by atoms with Crippen LogP contribution in [0.4, 0.5) is 5.95 Å². The molecule has 3 aromatic carbocycles. The Bertz CT molecular complexity index is 1090. The monoisotopic (exact) mass is 454 g/mol. The van der Waals surface area contributed by atoms with Gasteiger partial charge >= 0.3 is 0 Å². The smallest absolute Gasteiger partial charge is 0.222 e. The van der Waals surface area contributed by atoms with Gasteiger partial charge in [-0.3, -0.25) is 0 Å². The Hall–Kier alpha value is -2.83.